The molecule has 6 heteroatoms. The van der Waals surface area contributed by atoms with Crippen molar-refractivity contribution in [1.82, 2.24) is 4.90 Å². The summed E-state index contributed by atoms with van der Waals surface area (Å²) in [5.74, 6) is -1.94. The van der Waals surface area contributed by atoms with Gasteiger partial charge in [0.1, 0.15) is 5.82 Å². The molecule has 0 saturated carbocycles. The van der Waals surface area contributed by atoms with E-state index in [4.69, 9.17) is 0 Å². The minimum Gasteiger partial charge on any atom is -0.469 e. The molecular weight excluding hydrogens is 317 g/mol. The number of amides is 1. The lowest BCUT2D eigenvalue weighted by atomic mass is 10.1. The maximum atomic E-state index is 13.7. The summed E-state index contributed by atoms with van der Waals surface area (Å²) in [6.45, 7) is 1.81. The SMILES string of the molecule is COC(=O)C(C)CN(C)C(=O)c1ccc(Br)cc1F. The summed E-state index contributed by atoms with van der Waals surface area (Å²) in [5.41, 5.74) is -0.0252. The molecule has 0 N–H and O–H groups in total. The molecule has 1 unspecified atom stereocenters. The van der Waals surface area contributed by atoms with Crippen molar-refractivity contribution in [3.63, 3.8) is 0 Å². The highest BCUT2D eigenvalue weighted by molar-refractivity contribution is 9.10. The summed E-state index contributed by atoms with van der Waals surface area (Å²) in [5, 5.41) is 0. The van der Waals surface area contributed by atoms with E-state index < -0.39 is 23.6 Å². The normalized spacial score (nSPS) is 11.8. The number of halogens is 2. The number of methoxy groups -OCH3 is 1. The highest BCUT2D eigenvalue weighted by Crippen LogP contribution is 2.17. The molecule has 0 radical (unpaired) electrons. The quantitative estimate of drug-likeness (QED) is 0.796. The number of rotatable bonds is 4. The fraction of sp³-hybridized carbons (Fsp3) is 0.385. The minimum atomic E-state index is -0.600. The van der Waals surface area contributed by atoms with Crippen molar-refractivity contribution >= 4 is 27.8 Å². The van der Waals surface area contributed by atoms with Crippen LogP contribution in [0.1, 0.15) is 17.3 Å². The van der Waals surface area contributed by atoms with Gasteiger partial charge in [0, 0.05) is 18.1 Å². The number of hydrogen-bond acceptors (Lipinski definition) is 3. The van der Waals surface area contributed by atoms with E-state index in [0.29, 0.717) is 4.47 Å². The molecule has 0 aromatic heterocycles. The second-order valence-corrected chi connectivity index (χ2v) is 5.15. The molecule has 0 spiro atoms. The van der Waals surface area contributed by atoms with Gasteiger partial charge in [-0.15, -0.1) is 0 Å². The first-order valence-corrected chi connectivity index (χ1v) is 6.44. The van der Waals surface area contributed by atoms with Gasteiger partial charge in [-0.1, -0.05) is 22.9 Å². The van der Waals surface area contributed by atoms with E-state index in [9.17, 15) is 14.0 Å². The van der Waals surface area contributed by atoms with Gasteiger partial charge in [-0.05, 0) is 18.2 Å². The van der Waals surface area contributed by atoms with Crippen LogP contribution in [0.2, 0.25) is 0 Å². The lowest BCUT2D eigenvalue weighted by Gasteiger charge is -2.20. The van der Waals surface area contributed by atoms with E-state index in [1.165, 1.54) is 31.2 Å². The number of benzene rings is 1. The Hall–Kier alpha value is -1.43. The van der Waals surface area contributed by atoms with Gasteiger partial charge in [-0.25, -0.2) is 4.39 Å². The third kappa shape index (κ3) is 4.02. The predicted octanol–water partition coefficient (Wildman–Crippen LogP) is 2.47. The predicted molar refractivity (Wildman–Crippen MR) is 72.2 cm³/mol. The number of ether oxygens (including phenoxy) is 1. The molecule has 0 bridgehead atoms. The molecular formula is C13H15BrFNO3. The highest BCUT2D eigenvalue weighted by atomic mass is 79.9. The Kier molecular flexibility index (Phi) is 5.47. The van der Waals surface area contributed by atoms with Gasteiger partial charge in [0.25, 0.3) is 5.91 Å². The van der Waals surface area contributed by atoms with E-state index in [0.717, 1.165) is 0 Å². The topological polar surface area (TPSA) is 46.6 Å². The lowest BCUT2D eigenvalue weighted by Crippen LogP contribution is -2.34. The molecule has 1 aromatic carbocycles. The molecule has 104 valence electrons. The van der Waals surface area contributed by atoms with Gasteiger partial charge < -0.3 is 9.64 Å². The molecule has 0 aliphatic carbocycles. The van der Waals surface area contributed by atoms with Gasteiger partial charge >= 0.3 is 5.97 Å². The Morgan fingerprint density at radius 2 is 2.11 bits per heavy atom. The van der Waals surface area contributed by atoms with Crippen LogP contribution in [0.25, 0.3) is 0 Å². The Morgan fingerprint density at radius 3 is 2.63 bits per heavy atom. The van der Waals surface area contributed by atoms with Crippen LogP contribution >= 0.6 is 15.9 Å². The fourth-order valence-corrected chi connectivity index (χ4v) is 1.97. The van der Waals surface area contributed by atoms with Gasteiger partial charge in [0.2, 0.25) is 0 Å². The molecule has 0 fully saturated rings. The average molecular weight is 332 g/mol. The molecule has 1 aromatic rings. The summed E-state index contributed by atoms with van der Waals surface area (Å²) in [6.07, 6.45) is 0. The molecule has 1 rings (SSSR count). The van der Waals surface area contributed by atoms with Gasteiger partial charge in [-0.2, -0.15) is 0 Å². The molecule has 0 aliphatic rings. The van der Waals surface area contributed by atoms with Crippen molar-refractivity contribution in [3.05, 3.63) is 34.1 Å². The van der Waals surface area contributed by atoms with Crippen LogP contribution in [-0.4, -0.2) is 37.5 Å². The van der Waals surface area contributed by atoms with Crippen molar-refractivity contribution in [2.45, 2.75) is 6.92 Å². The Labute approximate surface area is 119 Å². The second kappa shape index (κ2) is 6.65. The van der Waals surface area contributed by atoms with Crippen molar-refractivity contribution in [2.75, 3.05) is 20.7 Å². The number of esters is 1. The second-order valence-electron chi connectivity index (χ2n) is 4.23. The minimum absolute atomic E-state index is 0.0252. The molecule has 19 heavy (non-hydrogen) atoms. The van der Waals surface area contributed by atoms with E-state index in [-0.39, 0.29) is 12.1 Å². The van der Waals surface area contributed by atoms with Crippen molar-refractivity contribution < 1.29 is 18.7 Å². The van der Waals surface area contributed by atoms with Crippen LogP contribution in [0.3, 0.4) is 0 Å². The molecule has 0 aliphatic heterocycles. The number of carbonyl (C=O) groups is 2. The Morgan fingerprint density at radius 1 is 1.47 bits per heavy atom. The standard InChI is InChI=1S/C13H15BrFNO3/c1-8(13(18)19-3)7-16(2)12(17)10-5-4-9(14)6-11(10)15/h4-6,8H,7H2,1-3H3. The van der Waals surface area contributed by atoms with Crippen molar-refractivity contribution in [2.24, 2.45) is 5.92 Å². The first kappa shape index (κ1) is 15.6. The number of nitrogens with zero attached hydrogens (tertiary/aromatic N) is 1. The summed E-state index contributed by atoms with van der Waals surface area (Å²) < 4.78 is 18.8. The number of hydrogen-bond donors (Lipinski definition) is 0. The van der Waals surface area contributed by atoms with Crippen LogP contribution < -0.4 is 0 Å². The zero-order valence-electron chi connectivity index (χ0n) is 10.9. The van der Waals surface area contributed by atoms with Crippen LogP contribution in [0, 0.1) is 11.7 Å². The molecule has 1 atom stereocenters. The molecule has 4 nitrogen and oxygen atoms in total. The van der Waals surface area contributed by atoms with Crippen LogP contribution in [-0.2, 0) is 9.53 Å². The van der Waals surface area contributed by atoms with E-state index >= 15 is 0 Å². The zero-order valence-corrected chi connectivity index (χ0v) is 12.5. The molecule has 0 saturated heterocycles. The smallest absolute Gasteiger partial charge is 0.310 e. The van der Waals surface area contributed by atoms with Crippen molar-refractivity contribution in [3.8, 4) is 0 Å². The van der Waals surface area contributed by atoms with Crippen molar-refractivity contribution in [1.29, 1.82) is 0 Å². The summed E-state index contributed by atoms with van der Waals surface area (Å²) in [6, 6.07) is 4.22. The highest BCUT2D eigenvalue weighted by Gasteiger charge is 2.21. The monoisotopic (exact) mass is 331 g/mol. The Balaban J connectivity index is 2.79. The zero-order chi connectivity index (χ0) is 14.6. The number of carbonyl (C=O) groups excluding carboxylic acids is 2. The van der Waals surface area contributed by atoms with E-state index in [1.54, 1.807) is 13.0 Å². The first-order chi connectivity index (χ1) is 8.86. The van der Waals surface area contributed by atoms with Gasteiger partial charge in [-0.3, -0.25) is 9.59 Å². The maximum absolute atomic E-state index is 13.7. The summed E-state index contributed by atoms with van der Waals surface area (Å²) >= 11 is 3.13. The van der Waals surface area contributed by atoms with E-state index in [1.807, 2.05) is 0 Å². The van der Waals surface area contributed by atoms with Gasteiger partial charge in [0.15, 0.2) is 0 Å². The van der Waals surface area contributed by atoms with Gasteiger partial charge in [0.05, 0.1) is 18.6 Å². The average Bonchev–Trinajstić information content (AvgIpc) is 2.36. The van der Waals surface area contributed by atoms with Crippen LogP contribution in [0.4, 0.5) is 4.39 Å². The fourth-order valence-electron chi connectivity index (χ4n) is 1.64. The van der Waals surface area contributed by atoms with Crippen LogP contribution in [0.5, 0.6) is 0 Å². The van der Waals surface area contributed by atoms with E-state index in [2.05, 4.69) is 20.7 Å². The largest absolute Gasteiger partial charge is 0.469 e. The lowest BCUT2D eigenvalue weighted by molar-refractivity contribution is -0.145. The molecule has 0 heterocycles. The summed E-state index contributed by atoms with van der Waals surface area (Å²) in [4.78, 5) is 24.6. The Bertz CT molecular complexity index is 493. The third-order valence-corrected chi connectivity index (χ3v) is 3.15. The molecule has 1 amide bonds. The summed E-state index contributed by atoms with van der Waals surface area (Å²) in [7, 11) is 2.80. The third-order valence-electron chi connectivity index (χ3n) is 2.66. The van der Waals surface area contributed by atoms with Crippen LogP contribution in [0.15, 0.2) is 22.7 Å². The maximum Gasteiger partial charge on any atom is 0.310 e. The first-order valence-electron chi connectivity index (χ1n) is 5.65.